The van der Waals surface area contributed by atoms with E-state index in [-0.39, 0.29) is 0 Å². The summed E-state index contributed by atoms with van der Waals surface area (Å²) >= 11 is 0. The zero-order chi connectivity index (χ0) is 8.39. The molecule has 0 radical (unpaired) electrons. The first-order valence-electron chi connectivity index (χ1n) is 3.65. The molecule has 12 heavy (non-hydrogen) atoms. The molecule has 0 fully saturated rings. The molecule has 5 nitrogen and oxygen atoms in total. The maximum Gasteiger partial charge on any atom is 0.155 e. The highest BCUT2D eigenvalue weighted by atomic mass is 16.5. The van der Waals surface area contributed by atoms with E-state index in [2.05, 4.69) is 15.0 Å². The Hall–Kier alpha value is -1.49. The largest absolute Gasteiger partial charge is 0.290 e. The number of hydroxylamine groups is 1. The Labute approximate surface area is 69.2 Å². The number of aliphatic imine (C=N–C) groups is 1. The fourth-order valence-electron chi connectivity index (χ4n) is 1.21. The third-order valence-electron chi connectivity index (χ3n) is 1.77. The lowest BCUT2D eigenvalue weighted by Crippen LogP contribution is -2.26. The number of rotatable bonds is 0. The third-order valence-corrected chi connectivity index (χ3v) is 1.77. The van der Waals surface area contributed by atoms with Gasteiger partial charge in [-0.3, -0.25) is 15.7 Å². The van der Waals surface area contributed by atoms with Gasteiger partial charge in [0.2, 0.25) is 0 Å². The molecule has 0 saturated heterocycles. The molecule has 0 aliphatic carbocycles. The van der Waals surface area contributed by atoms with Crippen molar-refractivity contribution in [1.29, 1.82) is 0 Å². The zero-order valence-corrected chi connectivity index (χ0v) is 6.36. The van der Waals surface area contributed by atoms with Gasteiger partial charge in [-0.25, -0.2) is 9.97 Å². The number of fused-ring (bicyclic) bond motifs is 1. The minimum absolute atomic E-state index is 0.455. The standard InChI is InChI=1S/C7H8N4O/c12-11-7-5-3-8-4-10-6(5)1-2-9-7/h3-4,12H,1-2H2,(H,9,11). The quantitative estimate of drug-likeness (QED) is 0.519. The highest BCUT2D eigenvalue weighted by Crippen LogP contribution is 2.09. The van der Waals surface area contributed by atoms with Crippen LogP contribution < -0.4 is 5.48 Å². The third kappa shape index (κ3) is 1.04. The molecule has 2 N–H and O–H groups in total. The van der Waals surface area contributed by atoms with Crippen molar-refractivity contribution >= 4 is 5.84 Å². The lowest BCUT2D eigenvalue weighted by atomic mass is 10.1. The van der Waals surface area contributed by atoms with Gasteiger partial charge in [-0.1, -0.05) is 0 Å². The Kier molecular flexibility index (Phi) is 1.71. The summed E-state index contributed by atoms with van der Waals surface area (Å²) in [6, 6.07) is 0. The minimum Gasteiger partial charge on any atom is -0.290 e. The second-order valence-corrected chi connectivity index (χ2v) is 2.48. The highest BCUT2D eigenvalue weighted by Gasteiger charge is 2.13. The molecule has 0 amide bonds. The molecular weight excluding hydrogens is 156 g/mol. The highest BCUT2D eigenvalue weighted by molar-refractivity contribution is 5.99. The Bertz CT molecular complexity index is 323. The Balaban J connectivity index is 2.48. The summed E-state index contributed by atoms with van der Waals surface area (Å²) in [5, 5.41) is 8.70. The van der Waals surface area contributed by atoms with E-state index < -0.39 is 0 Å². The van der Waals surface area contributed by atoms with E-state index in [1.54, 1.807) is 6.20 Å². The monoisotopic (exact) mass is 164 g/mol. The van der Waals surface area contributed by atoms with Crippen molar-refractivity contribution < 1.29 is 5.21 Å². The average Bonchev–Trinajstić information content (AvgIpc) is 2.17. The van der Waals surface area contributed by atoms with Crippen LogP contribution in [0, 0.1) is 0 Å². The molecule has 2 rings (SSSR count). The Morgan fingerprint density at radius 2 is 2.42 bits per heavy atom. The van der Waals surface area contributed by atoms with Crippen LogP contribution in [-0.4, -0.2) is 27.6 Å². The van der Waals surface area contributed by atoms with Crippen LogP contribution in [0.2, 0.25) is 0 Å². The molecule has 0 spiro atoms. The van der Waals surface area contributed by atoms with Crippen LogP contribution in [0.5, 0.6) is 0 Å². The summed E-state index contributed by atoms with van der Waals surface area (Å²) in [6.07, 6.45) is 3.95. The summed E-state index contributed by atoms with van der Waals surface area (Å²) in [6.45, 7) is 0.660. The van der Waals surface area contributed by atoms with Gasteiger partial charge in [0.1, 0.15) is 6.33 Å². The van der Waals surface area contributed by atoms with Crippen LogP contribution in [0.15, 0.2) is 17.5 Å². The zero-order valence-electron chi connectivity index (χ0n) is 6.36. The molecule has 0 saturated carbocycles. The molecular formula is C7H8N4O. The second-order valence-electron chi connectivity index (χ2n) is 2.48. The molecule has 2 heterocycles. The number of aromatic nitrogens is 2. The number of hydrogen-bond donors (Lipinski definition) is 2. The van der Waals surface area contributed by atoms with Crippen LogP contribution in [0.25, 0.3) is 0 Å². The fraction of sp³-hybridized carbons (Fsp3) is 0.286. The van der Waals surface area contributed by atoms with Crippen molar-refractivity contribution in [1.82, 2.24) is 15.4 Å². The summed E-state index contributed by atoms with van der Waals surface area (Å²) in [4.78, 5) is 12.0. The van der Waals surface area contributed by atoms with Gasteiger partial charge < -0.3 is 0 Å². The van der Waals surface area contributed by atoms with Gasteiger partial charge in [0, 0.05) is 19.2 Å². The van der Waals surface area contributed by atoms with Gasteiger partial charge in [0.05, 0.1) is 11.3 Å². The molecule has 1 aromatic rings. The molecule has 1 aliphatic rings. The van der Waals surface area contributed by atoms with Gasteiger partial charge in [0.15, 0.2) is 5.84 Å². The van der Waals surface area contributed by atoms with Crippen LogP contribution in [0.1, 0.15) is 11.3 Å². The predicted octanol–water partition coefficient (Wildman–Crippen LogP) is -0.242. The molecule has 5 heteroatoms. The maximum absolute atomic E-state index is 8.70. The van der Waals surface area contributed by atoms with Gasteiger partial charge in [0.25, 0.3) is 0 Å². The van der Waals surface area contributed by atoms with Gasteiger partial charge in [-0.05, 0) is 0 Å². The van der Waals surface area contributed by atoms with Crippen molar-refractivity contribution in [3.8, 4) is 0 Å². The number of amidine groups is 1. The van der Waals surface area contributed by atoms with E-state index >= 15 is 0 Å². The summed E-state index contributed by atoms with van der Waals surface area (Å²) in [5.74, 6) is 0.455. The normalized spacial score (nSPS) is 14.9. The minimum atomic E-state index is 0.455. The van der Waals surface area contributed by atoms with Crippen LogP contribution >= 0.6 is 0 Å². The molecule has 0 atom stereocenters. The van der Waals surface area contributed by atoms with Crippen molar-refractivity contribution in [3.05, 3.63) is 23.8 Å². The summed E-state index contributed by atoms with van der Waals surface area (Å²) in [7, 11) is 0. The molecule has 0 unspecified atom stereocenters. The van der Waals surface area contributed by atoms with Crippen molar-refractivity contribution in [3.63, 3.8) is 0 Å². The lowest BCUT2D eigenvalue weighted by molar-refractivity contribution is 0.234. The number of nitrogens with one attached hydrogen (secondary N) is 1. The Morgan fingerprint density at radius 3 is 3.25 bits per heavy atom. The first-order chi connectivity index (χ1) is 5.92. The van der Waals surface area contributed by atoms with E-state index in [1.165, 1.54) is 6.33 Å². The second kappa shape index (κ2) is 2.86. The Morgan fingerprint density at radius 1 is 1.50 bits per heavy atom. The van der Waals surface area contributed by atoms with Gasteiger partial charge in [-0.15, -0.1) is 0 Å². The maximum atomic E-state index is 8.70. The van der Waals surface area contributed by atoms with Crippen LogP contribution in [0.3, 0.4) is 0 Å². The van der Waals surface area contributed by atoms with E-state index in [0.717, 1.165) is 17.7 Å². The first-order valence-corrected chi connectivity index (χ1v) is 3.65. The van der Waals surface area contributed by atoms with Crippen molar-refractivity contribution in [2.45, 2.75) is 6.42 Å². The summed E-state index contributed by atoms with van der Waals surface area (Å²) in [5.41, 5.74) is 3.74. The molecule has 1 aromatic heterocycles. The van der Waals surface area contributed by atoms with Crippen molar-refractivity contribution in [2.75, 3.05) is 6.54 Å². The topological polar surface area (TPSA) is 70.4 Å². The smallest absolute Gasteiger partial charge is 0.155 e. The number of hydrogen-bond acceptors (Lipinski definition) is 5. The van der Waals surface area contributed by atoms with E-state index in [1.807, 2.05) is 5.48 Å². The molecule has 0 aromatic carbocycles. The lowest BCUT2D eigenvalue weighted by Gasteiger charge is -2.12. The molecule has 0 bridgehead atoms. The SMILES string of the molecule is ONC1=NCCc2ncncc21. The predicted molar refractivity (Wildman–Crippen MR) is 42.1 cm³/mol. The van der Waals surface area contributed by atoms with E-state index in [9.17, 15) is 0 Å². The van der Waals surface area contributed by atoms with Crippen LogP contribution in [0.4, 0.5) is 0 Å². The summed E-state index contributed by atoms with van der Waals surface area (Å²) < 4.78 is 0. The first kappa shape index (κ1) is 7.17. The van der Waals surface area contributed by atoms with Crippen molar-refractivity contribution in [2.24, 2.45) is 4.99 Å². The van der Waals surface area contributed by atoms with E-state index in [4.69, 9.17) is 5.21 Å². The molecule has 1 aliphatic heterocycles. The molecule has 62 valence electrons. The van der Waals surface area contributed by atoms with Gasteiger partial charge in [-0.2, -0.15) is 0 Å². The van der Waals surface area contributed by atoms with E-state index in [0.29, 0.717) is 12.4 Å². The number of nitrogens with zero attached hydrogens (tertiary/aromatic N) is 3. The van der Waals surface area contributed by atoms with Gasteiger partial charge >= 0.3 is 0 Å². The van der Waals surface area contributed by atoms with Crippen LogP contribution in [-0.2, 0) is 6.42 Å². The fourth-order valence-corrected chi connectivity index (χ4v) is 1.21. The average molecular weight is 164 g/mol.